The minimum atomic E-state index is -0.717. The van der Waals surface area contributed by atoms with Crippen molar-refractivity contribution in [3.63, 3.8) is 0 Å². The van der Waals surface area contributed by atoms with Crippen LogP contribution in [-0.4, -0.2) is 128 Å². The number of aryl methyl sites for hydroxylation is 1. The second kappa shape index (κ2) is 23.0. The van der Waals surface area contributed by atoms with Crippen LogP contribution in [0.3, 0.4) is 0 Å². The Bertz CT molecular complexity index is 3290. The Balaban J connectivity index is 0.000000202. The summed E-state index contributed by atoms with van der Waals surface area (Å²) in [5.41, 5.74) is 7.57. The molecule has 0 spiro atoms. The Morgan fingerprint density at radius 2 is 1.17 bits per heavy atom. The minimum Gasteiger partial charge on any atom is -0.505 e. The van der Waals surface area contributed by atoms with E-state index in [0.717, 1.165) is 74.9 Å². The molecule has 3 aromatic heterocycles. The molecule has 398 valence electrons. The number of aromatic nitrogens is 4. The number of nitrogens with zero attached hydrogens (tertiary/aromatic N) is 10. The molecule has 2 aliphatic heterocycles. The van der Waals surface area contributed by atoms with Crippen LogP contribution in [0.25, 0.3) is 50.5 Å². The van der Waals surface area contributed by atoms with E-state index in [4.69, 9.17) is 23.2 Å². The van der Waals surface area contributed by atoms with E-state index < -0.39 is 5.95 Å². The second-order valence-electron chi connectivity index (χ2n) is 21.3. The first-order valence-electron chi connectivity index (χ1n) is 25.3. The molecular formula is C59H67Cl2FN10O4. The third-order valence-corrected chi connectivity index (χ3v) is 14.6. The fraction of sp³-hybridized carbons (Fsp3) is 0.322. The first kappa shape index (κ1) is 55.1. The molecule has 0 unspecified atom stereocenters. The van der Waals surface area contributed by atoms with Gasteiger partial charge in [-0.05, 0) is 107 Å². The highest BCUT2D eigenvalue weighted by Gasteiger charge is 2.28. The number of anilines is 3. The number of hydrogen-bond donors (Lipinski definition) is 2. The van der Waals surface area contributed by atoms with E-state index in [1.165, 1.54) is 20.1 Å². The maximum atomic E-state index is 14.8. The highest BCUT2D eigenvalue weighted by molar-refractivity contribution is 6.34. The van der Waals surface area contributed by atoms with Crippen LogP contribution in [0.2, 0.25) is 10.0 Å². The number of amides is 1. The van der Waals surface area contributed by atoms with Crippen LogP contribution in [0, 0.1) is 5.95 Å². The summed E-state index contributed by atoms with van der Waals surface area (Å²) < 4.78 is 17.8. The monoisotopic (exact) mass is 1070 g/mol. The fourth-order valence-corrected chi connectivity index (χ4v) is 10.1. The lowest BCUT2D eigenvalue weighted by Crippen LogP contribution is -2.53. The molecule has 0 aliphatic carbocycles. The van der Waals surface area contributed by atoms with Crippen molar-refractivity contribution in [2.24, 2.45) is 7.05 Å². The molecule has 4 aromatic carbocycles. The molecule has 2 aliphatic rings. The standard InChI is InChI=1S/C30H35ClFN5O2.C29H32ClN5O2/c1-30(2,3)37-15-13-35(14-16-37)23-8-6-7-22(17-23)28-29(39)24(19-27(32)33-28)21-9-10-26(25(31)18-21)36(20-38)12-11-34(4)5;1-29(2,3)34-15-13-33(14-16-34)22-7-5-6-21(18-22)26-27(36)23(10-11-31-26)20-8-9-25(24(30)19-20)35-17-12-32(4)28(35)37/h6-12,17-20,39H,13-16H2,1-5H3;5-12,17-19,36H,13-16H2,1-4H3/b12-11-;. The van der Waals surface area contributed by atoms with Gasteiger partial charge in [0.25, 0.3) is 0 Å². The second-order valence-corrected chi connectivity index (χ2v) is 22.1. The van der Waals surface area contributed by atoms with Gasteiger partial charge in [0.1, 0.15) is 22.9 Å². The fourth-order valence-electron chi connectivity index (χ4n) is 9.58. The zero-order chi connectivity index (χ0) is 54.6. The largest absolute Gasteiger partial charge is 0.505 e. The van der Waals surface area contributed by atoms with Crippen LogP contribution >= 0.6 is 23.2 Å². The van der Waals surface area contributed by atoms with Gasteiger partial charge in [0.2, 0.25) is 12.4 Å². The Labute approximate surface area is 455 Å². The van der Waals surface area contributed by atoms with E-state index in [1.807, 2.05) is 56.6 Å². The molecule has 0 saturated carbocycles. The third-order valence-electron chi connectivity index (χ3n) is 14.0. The van der Waals surface area contributed by atoms with Gasteiger partial charge in [0.05, 0.1) is 21.4 Å². The topological polar surface area (TPSA) is 130 Å². The first-order valence-corrected chi connectivity index (χ1v) is 26.1. The molecule has 2 N–H and O–H groups in total. The van der Waals surface area contributed by atoms with E-state index in [2.05, 4.69) is 83.2 Å². The number of rotatable bonds is 11. The van der Waals surface area contributed by atoms with Crippen molar-refractivity contribution in [2.45, 2.75) is 52.6 Å². The van der Waals surface area contributed by atoms with Crippen LogP contribution in [0.5, 0.6) is 11.5 Å². The maximum absolute atomic E-state index is 14.8. The Kier molecular flexibility index (Phi) is 16.6. The molecule has 5 heterocycles. The average Bonchev–Trinajstić information content (AvgIpc) is 3.73. The Morgan fingerprint density at radius 3 is 1.68 bits per heavy atom. The number of halogens is 3. The summed E-state index contributed by atoms with van der Waals surface area (Å²) in [5, 5.41) is 23.2. The van der Waals surface area contributed by atoms with Crippen LogP contribution < -0.4 is 20.4 Å². The van der Waals surface area contributed by atoms with Gasteiger partial charge in [0, 0.05) is 155 Å². The lowest BCUT2D eigenvalue weighted by Gasteiger charge is -2.43. The number of aromatic hydroxyl groups is 2. The molecule has 17 heteroatoms. The van der Waals surface area contributed by atoms with Crippen molar-refractivity contribution >= 4 is 46.7 Å². The van der Waals surface area contributed by atoms with E-state index in [1.54, 1.807) is 79.3 Å². The Hall–Kier alpha value is -7.17. The summed E-state index contributed by atoms with van der Waals surface area (Å²) in [5.74, 6) is -0.766. The highest BCUT2D eigenvalue weighted by atomic mass is 35.5. The quantitative estimate of drug-likeness (QED) is 0.0949. The van der Waals surface area contributed by atoms with Crippen LogP contribution in [0.4, 0.5) is 21.5 Å². The number of pyridine rings is 2. The summed E-state index contributed by atoms with van der Waals surface area (Å²) in [6.07, 6.45) is 9.02. The average molecular weight is 1070 g/mol. The molecule has 0 radical (unpaired) electrons. The molecule has 2 saturated heterocycles. The maximum Gasteiger partial charge on any atom is 0.332 e. The molecule has 7 aromatic rings. The number of imidazole rings is 1. The minimum absolute atomic E-state index is 0.0953. The van der Waals surface area contributed by atoms with Gasteiger partial charge >= 0.3 is 5.69 Å². The number of carbonyl (C=O) groups is 1. The van der Waals surface area contributed by atoms with Gasteiger partial charge in [-0.3, -0.25) is 29.0 Å². The van der Waals surface area contributed by atoms with Crippen molar-refractivity contribution in [3.8, 4) is 62.0 Å². The first-order chi connectivity index (χ1) is 36.1. The third kappa shape index (κ3) is 12.4. The normalized spacial score (nSPS) is 14.7. The molecule has 1 amide bonds. The van der Waals surface area contributed by atoms with Crippen molar-refractivity contribution < 1.29 is 19.4 Å². The smallest absolute Gasteiger partial charge is 0.332 e. The van der Waals surface area contributed by atoms with Crippen molar-refractivity contribution in [1.29, 1.82) is 0 Å². The molecule has 14 nitrogen and oxygen atoms in total. The summed E-state index contributed by atoms with van der Waals surface area (Å²) in [6.45, 7) is 21.0. The van der Waals surface area contributed by atoms with Gasteiger partial charge in [-0.25, -0.2) is 9.78 Å². The zero-order valence-electron chi connectivity index (χ0n) is 44.7. The number of carbonyl (C=O) groups excluding carboxylic acids is 1. The summed E-state index contributed by atoms with van der Waals surface area (Å²) in [6, 6.07) is 29.2. The number of hydrogen-bond acceptors (Lipinski definition) is 11. The number of piperazine rings is 2. The van der Waals surface area contributed by atoms with Crippen molar-refractivity contribution in [1.82, 2.24) is 33.8 Å². The van der Waals surface area contributed by atoms with E-state index in [-0.39, 0.29) is 44.5 Å². The molecular weight excluding hydrogens is 1000 g/mol. The van der Waals surface area contributed by atoms with Gasteiger partial charge in [0.15, 0.2) is 0 Å². The predicted molar refractivity (Wildman–Crippen MR) is 307 cm³/mol. The van der Waals surface area contributed by atoms with Gasteiger partial charge in [-0.1, -0.05) is 59.6 Å². The predicted octanol–water partition coefficient (Wildman–Crippen LogP) is 11.0. The molecule has 9 rings (SSSR count). The summed E-state index contributed by atoms with van der Waals surface area (Å²) >= 11 is 13.1. The number of benzene rings is 4. The van der Waals surface area contributed by atoms with Gasteiger partial charge in [-0.2, -0.15) is 4.39 Å². The SMILES string of the molecule is CN(C)/C=C\N(C=O)c1ccc(-c2cc(F)nc(-c3cccc(N4CCN(C(C)(C)C)CC4)c3)c2O)cc1Cl.Cn1ccn(-c2ccc(-c3ccnc(-c4cccc(N5CCN(C(C)(C)C)CC5)c4)c3O)cc2Cl)c1=O. The highest BCUT2D eigenvalue weighted by Crippen LogP contribution is 2.42. The van der Waals surface area contributed by atoms with E-state index >= 15 is 0 Å². The lowest BCUT2D eigenvalue weighted by molar-refractivity contribution is -0.107. The molecule has 2 fully saturated rings. The van der Waals surface area contributed by atoms with Crippen LogP contribution in [-0.2, 0) is 11.8 Å². The van der Waals surface area contributed by atoms with Crippen LogP contribution in [0.1, 0.15) is 41.5 Å². The Morgan fingerprint density at radius 1 is 0.632 bits per heavy atom. The van der Waals surface area contributed by atoms with Gasteiger partial charge < -0.3 is 29.5 Å². The van der Waals surface area contributed by atoms with Crippen LogP contribution in [0.15, 0.2) is 133 Å². The van der Waals surface area contributed by atoms with Crippen molar-refractivity contribution in [3.05, 3.63) is 155 Å². The lowest BCUT2D eigenvalue weighted by atomic mass is 10.0. The molecule has 0 bridgehead atoms. The van der Waals surface area contributed by atoms with Gasteiger partial charge in [-0.15, -0.1) is 0 Å². The summed E-state index contributed by atoms with van der Waals surface area (Å²) in [4.78, 5) is 45.3. The van der Waals surface area contributed by atoms with E-state index in [0.29, 0.717) is 45.2 Å². The molecule has 0 atom stereocenters. The zero-order valence-corrected chi connectivity index (χ0v) is 46.2. The van der Waals surface area contributed by atoms with Crippen molar-refractivity contribution in [2.75, 3.05) is 81.2 Å². The van der Waals surface area contributed by atoms with E-state index in [9.17, 15) is 24.2 Å². The molecule has 76 heavy (non-hydrogen) atoms. The summed E-state index contributed by atoms with van der Waals surface area (Å²) in [7, 11) is 5.37.